The molecule has 0 radical (unpaired) electrons. The Morgan fingerprint density at radius 2 is 2.40 bits per heavy atom. The fraction of sp³-hybridized carbons (Fsp3) is 0.800. The van der Waals surface area contributed by atoms with Crippen molar-refractivity contribution in [2.75, 3.05) is 11.8 Å². The normalized spacial score (nSPS) is 13.0. The molecule has 10 heavy (non-hydrogen) atoms. The summed E-state index contributed by atoms with van der Waals surface area (Å²) >= 11 is 1.04. The van der Waals surface area contributed by atoms with Crippen molar-refractivity contribution >= 4 is 17.7 Å². The minimum absolute atomic E-state index is 0.323. The highest BCUT2D eigenvalue weighted by atomic mass is 32.2. The molecule has 0 aromatic rings. The first-order chi connectivity index (χ1) is 4.68. The molecule has 5 heteroatoms. The highest BCUT2D eigenvalue weighted by Crippen LogP contribution is 2.03. The van der Waals surface area contributed by atoms with Gasteiger partial charge in [-0.15, -0.1) is 11.8 Å². The van der Waals surface area contributed by atoms with Crippen LogP contribution < -0.4 is 5.73 Å². The van der Waals surface area contributed by atoms with Crippen molar-refractivity contribution in [2.24, 2.45) is 5.73 Å². The number of thioether (sulfide) groups is 1. The number of aliphatic carboxylic acids is 1. The van der Waals surface area contributed by atoms with E-state index in [2.05, 4.69) is 0 Å². The Morgan fingerprint density at radius 1 is 1.80 bits per heavy atom. The molecule has 0 bridgehead atoms. The van der Waals surface area contributed by atoms with Crippen LogP contribution in [0.25, 0.3) is 0 Å². The second-order valence-corrected chi connectivity index (χ2v) is 2.79. The van der Waals surface area contributed by atoms with E-state index >= 15 is 0 Å². The van der Waals surface area contributed by atoms with Crippen molar-refractivity contribution in [3.63, 3.8) is 0 Å². The quantitative estimate of drug-likeness (QED) is 0.583. The van der Waals surface area contributed by atoms with Crippen LogP contribution in [0.5, 0.6) is 0 Å². The van der Waals surface area contributed by atoms with Gasteiger partial charge < -0.3 is 10.8 Å². The number of rotatable bonds is 5. The predicted octanol–water partition coefficient (Wildman–Crippen LogP) is 0.449. The zero-order valence-corrected chi connectivity index (χ0v) is 6.23. The van der Waals surface area contributed by atoms with E-state index in [0.717, 1.165) is 11.8 Å². The summed E-state index contributed by atoms with van der Waals surface area (Å²) in [6.07, 6.45) is 0.323. The van der Waals surface area contributed by atoms with E-state index in [4.69, 9.17) is 10.8 Å². The van der Waals surface area contributed by atoms with Crippen molar-refractivity contribution < 1.29 is 14.3 Å². The summed E-state index contributed by atoms with van der Waals surface area (Å²) in [7, 11) is 0. The van der Waals surface area contributed by atoms with Crippen LogP contribution in [-0.2, 0) is 4.79 Å². The third kappa shape index (κ3) is 4.58. The average molecular weight is 167 g/mol. The molecule has 0 saturated heterocycles. The molecule has 0 rings (SSSR count). The number of carboxylic acid groups (broad SMARTS) is 1. The lowest BCUT2D eigenvalue weighted by Gasteiger charge is -2.02. The fourth-order valence-corrected chi connectivity index (χ4v) is 0.918. The van der Waals surface area contributed by atoms with Gasteiger partial charge in [-0.25, -0.2) is 4.39 Å². The number of hydrogen-bond donors (Lipinski definition) is 2. The van der Waals surface area contributed by atoms with Gasteiger partial charge in [0.1, 0.15) is 12.0 Å². The molecule has 0 aliphatic carbocycles. The number of carboxylic acids is 1. The maximum absolute atomic E-state index is 11.4. The molecule has 0 spiro atoms. The Balaban J connectivity index is 3.21. The second-order valence-electron chi connectivity index (χ2n) is 1.75. The Kier molecular flexibility index (Phi) is 5.33. The van der Waals surface area contributed by atoms with Crippen LogP contribution in [0, 0.1) is 0 Å². The predicted molar refractivity (Wildman–Crippen MR) is 38.7 cm³/mol. The van der Waals surface area contributed by atoms with E-state index in [-0.39, 0.29) is 0 Å². The largest absolute Gasteiger partial charge is 0.480 e. The summed E-state index contributed by atoms with van der Waals surface area (Å²) in [6, 6.07) is -1.33. The molecule has 1 unspecified atom stereocenters. The van der Waals surface area contributed by atoms with Gasteiger partial charge in [0.05, 0.1) is 0 Å². The second kappa shape index (κ2) is 5.49. The van der Waals surface area contributed by atoms with Crippen molar-refractivity contribution in [2.45, 2.75) is 12.5 Å². The van der Waals surface area contributed by atoms with Crippen LogP contribution in [0.1, 0.15) is 6.42 Å². The molecule has 3 nitrogen and oxygen atoms in total. The van der Waals surface area contributed by atoms with Gasteiger partial charge in [0.15, 0.2) is 0 Å². The van der Waals surface area contributed by atoms with Crippen molar-refractivity contribution in [3.05, 3.63) is 0 Å². The number of carbonyl (C=O) groups is 1. The molecule has 0 heterocycles. The maximum atomic E-state index is 11.4. The lowest BCUT2D eigenvalue weighted by Crippen LogP contribution is -2.30. The third-order valence-corrected chi connectivity index (χ3v) is 1.65. The van der Waals surface area contributed by atoms with Crippen LogP contribution in [0.2, 0.25) is 0 Å². The van der Waals surface area contributed by atoms with Crippen molar-refractivity contribution in [1.82, 2.24) is 0 Å². The smallest absolute Gasteiger partial charge is 0.320 e. The van der Waals surface area contributed by atoms with E-state index in [1.165, 1.54) is 0 Å². The van der Waals surface area contributed by atoms with Crippen LogP contribution in [0.15, 0.2) is 0 Å². The van der Waals surface area contributed by atoms with Gasteiger partial charge in [-0.05, 0) is 12.2 Å². The number of alkyl halides is 1. The molecule has 0 saturated carbocycles. The summed E-state index contributed by atoms with van der Waals surface area (Å²) < 4.78 is 11.4. The Hall–Kier alpha value is -0.290. The van der Waals surface area contributed by atoms with E-state index < -0.39 is 18.0 Å². The molecular formula is C5H10FNO2S. The zero-order valence-electron chi connectivity index (χ0n) is 5.42. The molecular weight excluding hydrogens is 157 g/mol. The Bertz CT molecular complexity index is 112. The summed E-state index contributed by atoms with van der Waals surface area (Å²) in [5.74, 6) is -0.566. The van der Waals surface area contributed by atoms with Gasteiger partial charge >= 0.3 is 5.97 Å². The Labute approximate surface area is 62.8 Å². The first-order valence-electron chi connectivity index (χ1n) is 2.80. The highest BCUT2D eigenvalue weighted by molar-refractivity contribution is 7.99. The average Bonchev–Trinajstić information content (AvgIpc) is 1.88. The van der Waals surface area contributed by atoms with E-state index in [0.29, 0.717) is 12.2 Å². The van der Waals surface area contributed by atoms with Gasteiger partial charge in [0, 0.05) is 0 Å². The van der Waals surface area contributed by atoms with Gasteiger partial charge in [-0.2, -0.15) is 0 Å². The molecule has 60 valence electrons. The summed E-state index contributed by atoms with van der Waals surface area (Å²) in [6.45, 7) is 0. The molecule has 0 aromatic carbocycles. The maximum Gasteiger partial charge on any atom is 0.320 e. The fourth-order valence-electron chi connectivity index (χ4n) is 0.388. The minimum Gasteiger partial charge on any atom is -0.480 e. The standard InChI is InChI=1S/C5H10FNO2S/c6-3-10-2-1-4(7)5(8)9/h4H,1-3,7H2,(H,8,9). The lowest BCUT2D eigenvalue weighted by molar-refractivity contribution is -0.138. The number of hydrogen-bond acceptors (Lipinski definition) is 3. The molecule has 0 aliphatic heterocycles. The van der Waals surface area contributed by atoms with Crippen LogP contribution in [0.4, 0.5) is 4.39 Å². The summed E-state index contributed by atoms with van der Waals surface area (Å²) in [5, 5.41) is 8.25. The first kappa shape index (κ1) is 9.71. The summed E-state index contributed by atoms with van der Waals surface area (Å²) in [4.78, 5) is 10.1. The highest BCUT2D eigenvalue weighted by Gasteiger charge is 2.09. The van der Waals surface area contributed by atoms with Gasteiger partial charge in [0.2, 0.25) is 0 Å². The van der Waals surface area contributed by atoms with Crippen LogP contribution >= 0.6 is 11.8 Å². The van der Waals surface area contributed by atoms with E-state index in [1.54, 1.807) is 0 Å². The first-order valence-corrected chi connectivity index (χ1v) is 3.96. The summed E-state index contributed by atoms with van der Waals surface area (Å²) in [5.41, 5.74) is 5.12. The topological polar surface area (TPSA) is 63.3 Å². The molecule has 0 amide bonds. The van der Waals surface area contributed by atoms with E-state index in [1.807, 2.05) is 0 Å². The lowest BCUT2D eigenvalue weighted by atomic mass is 10.2. The molecule has 1 atom stereocenters. The third-order valence-electron chi connectivity index (χ3n) is 0.968. The Morgan fingerprint density at radius 3 is 2.80 bits per heavy atom. The monoisotopic (exact) mass is 167 g/mol. The van der Waals surface area contributed by atoms with Crippen LogP contribution in [-0.4, -0.2) is 28.9 Å². The van der Waals surface area contributed by atoms with E-state index in [9.17, 15) is 9.18 Å². The number of nitrogens with two attached hydrogens (primary N) is 1. The minimum atomic E-state index is -1.03. The molecule has 0 aliphatic rings. The molecule has 0 aromatic heterocycles. The van der Waals surface area contributed by atoms with Crippen molar-refractivity contribution in [1.29, 1.82) is 0 Å². The van der Waals surface area contributed by atoms with Gasteiger partial charge in [0.25, 0.3) is 0 Å². The van der Waals surface area contributed by atoms with Crippen LogP contribution in [0.3, 0.4) is 0 Å². The van der Waals surface area contributed by atoms with Gasteiger partial charge in [-0.1, -0.05) is 0 Å². The SMILES string of the molecule is NC(CCSCF)C(=O)O. The zero-order chi connectivity index (χ0) is 7.98. The number of halogens is 1. The van der Waals surface area contributed by atoms with Crippen molar-refractivity contribution in [3.8, 4) is 0 Å². The molecule has 0 fully saturated rings. The molecule has 3 N–H and O–H groups in total. The van der Waals surface area contributed by atoms with Gasteiger partial charge in [-0.3, -0.25) is 4.79 Å².